The molecule has 100 valence electrons. The van der Waals surface area contributed by atoms with Crippen molar-refractivity contribution in [2.24, 2.45) is 10.8 Å². The molecule has 1 aromatic rings. The van der Waals surface area contributed by atoms with Gasteiger partial charge >= 0.3 is 12.0 Å². The van der Waals surface area contributed by atoms with Crippen molar-refractivity contribution in [1.29, 1.82) is 0 Å². The molecule has 1 aliphatic rings. The summed E-state index contributed by atoms with van der Waals surface area (Å²) < 4.78 is 0. The number of hydrogen-bond acceptors (Lipinski definition) is 3. The Morgan fingerprint density at radius 3 is 2.58 bits per heavy atom. The Balaban J connectivity index is 2.28. The molecule has 6 nitrogen and oxygen atoms in total. The largest absolute Gasteiger partial charge is 0.481 e. The summed E-state index contributed by atoms with van der Waals surface area (Å²) in [4.78, 5) is 22.2. The van der Waals surface area contributed by atoms with Gasteiger partial charge in [-0.2, -0.15) is 5.10 Å². The molecule has 0 radical (unpaired) electrons. The molecule has 2 rings (SSSR count). The number of amides is 2. The lowest BCUT2D eigenvalue weighted by molar-refractivity contribution is -0.143. The number of nitrogens with one attached hydrogen (secondary N) is 1. The molecule has 1 aliphatic carbocycles. The van der Waals surface area contributed by atoms with Crippen LogP contribution in [0.2, 0.25) is 0 Å². The van der Waals surface area contributed by atoms with Crippen LogP contribution in [0.15, 0.2) is 35.4 Å². The molecule has 4 N–H and O–H groups in total. The summed E-state index contributed by atoms with van der Waals surface area (Å²) in [6.07, 6.45) is 1.28. The van der Waals surface area contributed by atoms with Crippen molar-refractivity contribution in [3.05, 3.63) is 35.9 Å². The topological polar surface area (TPSA) is 105 Å². The van der Waals surface area contributed by atoms with Crippen LogP contribution in [-0.4, -0.2) is 22.8 Å². The Kier molecular flexibility index (Phi) is 3.50. The number of nitrogens with zero attached hydrogens (tertiary/aromatic N) is 1. The monoisotopic (exact) mass is 261 g/mol. The standard InChI is InChI=1S/C13H15N3O3/c14-12(19)16-15-10-6-7-13(8-10,11(17)18)9-4-2-1-3-5-9/h1-5H,6-8H2,(H,17,18)(H3,14,16,19)/t13-/m1/s1. The number of rotatable bonds is 3. The lowest BCUT2D eigenvalue weighted by Gasteiger charge is -2.23. The van der Waals surface area contributed by atoms with E-state index in [-0.39, 0.29) is 6.42 Å². The number of primary amides is 1. The Hall–Kier alpha value is -2.37. The molecule has 6 heteroatoms. The lowest BCUT2D eigenvalue weighted by Crippen LogP contribution is -2.33. The van der Waals surface area contributed by atoms with Crippen LogP contribution in [0.3, 0.4) is 0 Å². The first-order chi connectivity index (χ1) is 9.04. The number of hydrogen-bond donors (Lipinski definition) is 3. The average molecular weight is 261 g/mol. The van der Waals surface area contributed by atoms with Crippen molar-refractivity contribution in [1.82, 2.24) is 5.43 Å². The highest BCUT2D eigenvalue weighted by atomic mass is 16.4. The minimum atomic E-state index is -0.959. The Morgan fingerprint density at radius 1 is 1.32 bits per heavy atom. The van der Waals surface area contributed by atoms with Crippen molar-refractivity contribution < 1.29 is 14.7 Å². The zero-order valence-electron chi connectivity index (χ0n) is 10.3. The molecule has 0 bridgehead atoms. The summed E-state index contributed by atoms with van der Waals surface area (Å²) in [6, 6.07) is 8.34. The third kappa shape index (κ3) is 2.57. The predicted molar refractivity (Wildman–Crippen MR) is 69.8 cm³/mol. The van der Waals surface area contributed by atoms with E-state index in [1.807, 2.05) is 18.2 Å². The number of carbonyl (C=O) groups is 2. The van der Waals surface area contributed by atoms with E-state index in [0.29, 0.717) is 18.6 Å². The summed E-state index contributed by atoms with van der Waals surface area (Å²) in [7, 11) is 0. The Morgan fingerprint density at radius 2 is 2.00 bits per heavy atom. The zero-order valence-corrected chi connectivity index (χ0v) is 10.3. The van der Waals surface area contributed by atoms with Crippen molar-refractivity contribution in [2.45, 2.75) is 24.7 Å². The highest BCUT2D eigenvalue weighted by Crippen LogP contribution is 2.40. The Labute approximate surface area is 110 Å². The second kappa shape index (κ2) is 5.09. The summed E-state index contributed by atoms with van der Waals surface area (Å²) in [5, 5.41) is 13.4. The van der Waals surface area contributed by atoms with Gasteiger partial charge in [-0.15, -0.1) is 0 Å². The lowest BCUT2D eigenvalue weighted by atomic mass is 9.79. The summed E-state index contributed by atoms with van der Waals surface area (Å²) >= 11 is 0. The first kappa shape index (κ1) is 13.1. The van der Waals surface area contributed by atoms with Gasteiger partial charge in [0.05, 0.1) is 5.41 Å². The van der Waals surface area contributed by atoms with E-state index in [1.54, 1.807) is 12.1 Å². The van der Waals surface area contributed by atoms with E-state index in [9.17, 15) is 14.7 Å². The zero-order chi connectivity index (χ0) is 13.9. The van der Waals surface area contributed by atoms with Gasteiger partial charge in [-0.25, -0.2) is 10.2 Å². The van der Waals surface area contributed by atoms with Crippen LogP contribution < -0.4 is 11.2 Å². The van der Waals surface area contributed by atoms with Gasteiger partial charge in [0.2, 0.25) is 0 Å². The first-order valence-electron chi connectivity index (χ1n) is 5.94. The highest BCUT2D eigenvalue weighted by molar-refractivity contribution is 5.97. The number of aliphatic carboxylic acids is 1. The SMILES string of the molecule is NC(=O)NN=C1CC[C@](C(=O)O)(c2ccccc2)C1. The van der Waals surface area contributed by atoms with Crippen molar-refractivity contribution in [3.8, 4) is 0 Å². The van der Waals surface area contributed by atoms with E-state index in [1.165, 1.54) is 0 Å². The maximum absolute atomic E-state index is 11.6. The first-order valence-corrected chi connectivity index (χ1v) is 5.94. The number of hydrazone groups is 1. The van der Waals surface area contributed by atoms with Crippen LogP contribution in [0.4, 0.5) is 4.79 Å². The number of carboxylic acids is 1. The maximum atomic E-state index is 11.6. The molecular formula is C13H15N3O3. The van der Waals surface area contributed by atoms with Crippen LogP contribution >= 0.6 is 0 Å². The van der Waals surface area contributed by atoms with Gasteiger partial charge in [0.1, 0.15) is 0 Å². The number of nitrogens with two attached hydrogens (primary N) is 1. The molecule has 0 spiro atoms. The third-order valence-corrected chi connectivity index (χ3v) is 3.41. The number of benzene rings is 1. The quantitative estimate of drug-likeness (QED) is 0.712. The molecule has 0 saturated heterocycles. The minimum Gasteiger partial charge on any atom is -0.481 e. The molecule has 2 amide bonds. The van der Waals surface area contributed by atoms with E-state index in [2.05, 4.69) is 10.5 Å². The van der Waals surface area contributed by atoms with Gasteiger partial charge in [-0.05, 0) is 18.4 Å². The molecule has 1 fully saturated rings. The van der Waals surface area contributed by atoms with Gasteiger partial charge in [0, 0.05) is 12.1 Å². The fourth-order valence-corrected chi connectivity index (χ4v) is 2.42. The molecular weight excluding hydrogens is 246 g/mol. The van der Waals surface area contributed by atoms with Crippen LogP contribution in [0.25, 0.3) is 0 Å². The van der Waals surface area contributed by atoms with Crippen molar-refractivity contribution in [2.75, 3.05) is 0 Å². The average Bonchev–Trinajstić information content (AvgIpc) is 2.83. The molecule has 19 heavy (non-hydrogen) atoms. The molecule has 0 aromatic heterocycles. The van der Waals surface area contributed by atoms with Gasteiger partial charge in [0.15, 0.2) is 0 Å². The van der Waals surface area contributed by atoms with E-state index >= 15 is 0 Å². The fourth-order valence-electron chi connectivity index (χ4n) is 2.42. The van der Waals surface area contributed by atoms with E-state index in [4.69, 9.17) is 5.73 Å². The molecule has 1 atom stereocenters. The van der Waals surface area contributed by atoms with Gasteiger partial charge in [-0.1, -0.05) is 30.3 Å². The third-order valence-electron chi connectivity index (χ3n) is 3.41. The van der Waals surface area contributed by atoms with Crippen LogP contribution in [0, 0.1) is 0 Å². The molecule has 1 aromatic carbocycles. The second-order valence-electron chi connectivity index (χ2n) is 4.58. The van der Waals surface area contributed by atoms with Gasteiger partial charge in [-0.3, -0.25) is 4.79 Å². The molecule has 0 unspecified atom stereocenters. The molecule has 1 saturated carbocycles. The van der Waals surface area contributed by atoms with Crippen LogP contribution in [0.5, 0.6) is 0 Å². The van der Waals surface area contributed by atoms with E-state index in [0.717, 1.165) is 5.56 Å². The highest BCUT2D eigenvalue weighted by Gasteiger charge is 2.45. The number of carboxylic acid groups (broad SMARTS) is 1. The van der Waals surface area contributed by atoms with Crippen molar-refractivity contribution >= 4 is 17.7 Å². The minimum absolute atomic E-state index is 0.284. The molecule has 0 heterocycles. The fraction of sp³-hybridized carbons (Fsp3) is 0.308. The summed E-state index contributed by atoms with van der Waals surface area (Å²) in [5.41, 5.74) is 7.53. The van der Waals surface area contributed by atoms with Crippen LogP contribution in [-0.2, 0) is 10.2 Å². The molecule has 0 aliphatic heterocycles. The summed E-state index contributed by atoms with van der Waals surface area (Å²) in [6.45, 7) is 0. The summed E-state index contributed by atoms with van der Waals surface area (Å²) in [5.74, 6) is -0.872. The number of carbonyl (C=O) groups excluding carboxylic acids is 1. The maximum Gasteiger partial charge on any atom is 0.332 e. The second-order valence-corrected chi connectivity index (χ2v) is 4.58. The predicted octanol–water partition coefficient (Wildman–Crippen LogP) is 1.22. The number of urea groups is 1. The smallest absolute Gasteiger partial charge is 0.332 e. The van der Waals surface area contributed by atoms with Crippen molar-refractivity contribution in [3.63, 3.8) is 0 Å². The Bertz CT molecular complexity index is 527. The normalized spacial score (nSPS) is 24.3. The van der Waals surface area contributed by atoms with Crippen LogP contribution in [0.1, 0.15) is 24.8 Å². The van der Waals surface area contributed by atoms with Gasteiger partial charge < -0.3 is 10.8 Å². The van der Waals surface area contributed by atoms with Gasteiger partial charge in [0.25, 0.3) is 0 Å². The van der Waals surface area contributed by atoms with E-state index < -0.39 is 17.4 Å².